The van der Waals surface area contributed by atoms with Crippen LogP contribution in [0.2, 0.25) is 0 Å². The van der Waals surface area contributed by atoms with Crippen molar-refractivity contribution in [3.05, 3.63) is 23.8 Å². The first kappa shape index (κ1) is 13.5. The molecule has 0 spiro atoms. The van der Waals surface area contributed by atoms with Gasteiger partial charge in [0.25, 0.3) is 0 Å². The quantitative estimate of drug-likeness (QED) is 0.764. The van der Waals surface area contributed by atoms with E-state index in [4.69, 9.17) is 5.73 Å². The smallest absolute Gasteiger partial charge is 0.399 e. The molecule has 1 aliphatic heterocycles. The van der Waals surface area contributed by atoms with Crippen LogP contribution in [-0.2, 0) is 11.0 Å². The first-order valence-electron chi connectivity index (χ1n) is 5.86. The van der Waals surface area contributed by atoms with Gasteiger partial charge in [0.15, 0.2) is 0 Å². The van der Waals surface area contributed by atoms with E-state index in [-0.39, 0.29) is 30.2 Å². The van der Waals surface area contributed by atoms with Crippen molar-refractivity contribution in [2.24, 2.45) is 0 Å². The van der Waals surface area contributed by atoms with Gasteiger partial charge in [0.2, 0.25) is 5.91 Å². The molecule has 19 heavy (non-hydrogen) atoms. The predicted octanol–water partition coefficient (Wildman–Crippen LogP) is 1.61. The molecule has 0 aromatic heterocycles. The molecule has 0 radical (unpaired) electrons. The number of nitrogens with one attached hydrogen (secondary N) is 1. The summed E-state index contributed by atoms with van der Waals surface area (Å²) in [6.07, 6.45) is -4.28. The molecule has 104 valence electrons. The van der Waals surface area contributed by atoms with Crippen molar-refractivity contribution >= 4 is 17.3 Å². The summed E-state index contributed by atoms with van der Waals surface area (Å²) < 4.78 is 39.0. The van der Waals surface area contributed by atoms with E-state index in [1.165, 1.54) is 12.1 Å². The summed E-state index contributed by atoms with van der Waals surface area (Å²) in [5, 5.41) is 2.63. The zero-order valence-corrected chi connectivity index (χ0v) is 10.1. The lowest BCUT2D eigenvalue weighted by atomic mass is 10.1. The second kappa shape index (κ2) is 4.99. The molecule has 1 aliphatic rings. The molecule has 0 bridgehead atoms. The summed E-state index contributed by atoms with van der Waals surface area (Å²) >= 11 is 0. The summed E-state index contributed by atoms with van der Waals surface area (Å²) in [6, 6.07) is 3.72. The lowest BCUT2D eigenvalue weighted by Gasteiger charge is -2.25. The van der Waals surface area contributed by atoms with Crippen LogP contribution < -0.4 is 16.0 Å². The first-order valence-corrected chi connectivity index (χ1v) is 5.86. The molecule has 4 nitrogen and oxygen atoms in total. The van der Waals surface area contributed by atoms with E-state index in [0.717, 1.165) is 6.07 Å². The van der Waals surface area contributed by atoms with Crippen molar-refractivity contribution in [1.82, 2.24) is 5.32 Å². The fraction of sp³-hybridized carbons (Fsp3) is 0.417. The van der Waals surface area contributed by atoms with Crippen LogP contribution in [0.4, 0.5) is 24.5 Å². The maximum absolute atomic E-state index is 13.0. The monoisotopic (exact) mass is 273 g/mol. The Labute approximate surface area is 108 Å². The molecule has 0 atom stereocenters. The minimum Gasteiger partial charge on any atom is -0.399 e. The number of alkyl halides is 3. The molecule has 1 saturated heterocycles. The Morgan fingerprint density at radius 2 is 2.00 bits per heavy atom. The molecular formula is C12H14F3N3O. The number of nitrogen functional groups attached to an aromatic ring is 1. The van der Waals surface area contributed by atoms with Crippen molar-refractivity contribution in [2.75, 3.05) is 30.3 Å². The molecule has 0 unspecified atom stereocenters. The number of carbonyl (C=O) groups is 1. The van der Waals surface area contributed by atoms with Crippen LogP contribution in [0.25, 0.3) is 0 Å². The summed E-state index contributed by atoms with van der Waals surface area (Å²) in [7, 11) is 0. The van der Waals surface area contributed by atoms with Gasteiger partial charge in [-0.25, -0.2) is 0 Å². The molecule has 1 amide bonds. The topological polar surface area (TPSA) is 58.4 Å². The highest BCUT2D eigenvalue weighted by Gasteiger charge is 2.35. The maximum Gasteiger partial charge on any atom is 0.418 e. The molecule has 3 N–H and O–H groups in total. The van der Waals surface area contributed by atoms with Crippen molar-refractivity contribution < 1.29 is 18.0 Å². The third-order valence-electron chi connectivity index (χ3n) is 2.98. The third-order valence-corrected chi connectivity index (χ3v) is 2.98. The predicted molar refractivity (Wildman–Crippen MR) is 65.7 cm³/mol. The third kappa shape index (κ3) is 3.10. The Kier molecular flexibility index (Phi) is 3.55. The molecule has 0 aliphatic carbocycles. The van der Waals surface area contributed by atoms with Gasteiger partial charge in [-0.2, -0.15) is 13.2 Å². The highest BCUT2D eigenvalue weighted by atomic mass is 19.4. The number of anilines is 2. The Hall–Kier alpha value is -1.92. The zero-order chi connectivity index (χ0) is 14.0. The van der Waals surface area contributed by atoms with Gasteiger partial charge >= 0.3 is 6.18 Å². The van der Waals surface area contributed by atoms with Gasteiger partial charge in [-0.1, -0.05) is 0 Å². The number of nitrogens with two attached hydrogens (primary N) is 1. The molecule has 1 aromatic rings. The minimum atomic E-state index is -4.46. The van der Waals surface area contributed by atoms with E-state index < -0.39 is 11.7 Å². The van der Waals surface area contributed by atoms with Crippen LogP contribution >= 0.6 is 0 Å². The molecule has 1 fully saturated rings. The van der Waals surface area contributed by atoms with Crippen LogP contribution in [0, 0.1) is 0 Å². The molecule has 1 heterocycles. The molecule has 7 heteroatoms. The molecule has 1 aromatic carbocycles. The normalized spacial score (nSPS) is 17.0. The van der Waals surface area contributed by atoms with Gasteiger partial charge in [-0.15, -0.1) is 0 Å². The second-order valence-electron chi connectivity index (χ2n) is 4.36. The number of carbonyl (C=O) groups excluding carboxylic acids is 1. The van der Waals surface area contributed by atoms with E-state index in [0.29, 0.717) is 13.1 Å². The number of halogens is 3. The number of hydrogen-bond acceptors (Lipinski definition) is 3. The summed E-state index contributed by atoms with van der Waals surface area (Å²) in [5.41, 5.74) is 4.80. The van der Waals surface area contributed by atoms with Gasteiger partial charge in [0.05, 0.1) is 5.56 Å². The van der Waals surface area contributed by atoms with E-state index in [1.54, 1.807) is 4.90 Å². The fourth-order valence-corrected chi connectivity index (χ4v) is 2.06. The fourth-order valence-electron chi connectivity index (χ4n) is 2.06. The average molecular weight is 273 g/mol. The average Bonchev–Trinajstić information content (AvgIpc) is 2.53. The molecule has 0 saturated carbocycles. The number of hydrogen-bond donors (Lipinski definition) is 2. The summed E-state index contributed by atoms with van der Waals surface area (Å²) in [5.74, 6) is -0.147. The van der Waals surface area contributed by atoms with Gasteiger partial charge in [-0.05, 0) is 18.2 Å². The SMILES string of the molecule is Nc1ccc(N2CCNC(=O)CC2)c(C(F)(F)F)c1. The van der Waals surface area contributed by atoms with Crippen LogP contribution in [0.1, 0.15) is 12.0 Å². The Morgan fingerprint density at radius 1 is 1.26 bits per heavy atom. The maximum atomic E-state index is 13.0. The minimum absolute atomic E-state index is 0.0678. The van der Waals surface area contributed by atoms with Crippen molar-refractivity contribution in [1.29, 1.82) is 0 Å². The van der Waals surface area contributed by atoms with Gasteiger partial charge in [0, 0.05) is 37.4 Å². The van der Waals surface area contributed by atoms with Gasteiger partial charge < -0.3 is 16.0 Å². The zero-order valence-electron chi connectivity index (χ0n) is 10.1. The van der Waals surface area contributed by atoms with E-state index in [2.05, 4.69) is 5.32 Å². The van der Waals surface area contributed by atoms with E-state index in [9.17, 15) is 18.0 Å². The van der Waals surface area contributed by atoms with Gasteiger partial charge in [0.1, 0.15) is 0 Å². The van der Waals surface area contributed by atoms with Crippen molar-refractivity contribution in [2.45, 2.75) is 12.6 Å². The number of rotatable bonds is 1. The number of amides is 1. The lowest BCUT2D eigenvalue weighted by molar-refractivity contribution is -0.137. The van der Waals surface area contributed by atoms with Crippen molar-refractivity contribution in [3.8, 4) is 0 Å². The van der Waals surface area contributed by atoms with Crippen molar-refractivity contribution in [3.63, 3.8) is 0 Å². The summed E-state index contributed by atoms with van der Waals surface area (Å²) in [4.78, 5) is 12.8. The Morgan fingerprint density at radius 3 is 2.68 bits per heavy atom. The highest BCUT2D eigenvalue weighted by Crippen LogP contribution is 2.37. The molecule has 2 rings (SSSR count). The second-order valence-corrected chi connectivity index (χ2v) is 4.36. The first-order chi connectivity index (χ1) is 8.88. The Bertz CT molecular complexity index is 488. The van der Waals surface area contributed by atoms with Crippen LogP contribution in [-0.4, -0.2) is 25.5 Å². The Balaban J connectivity index is 2.35. The van der Waals surface area contributed by atoms with Crippen LogP contribution in [0.3, 0.4) is 0 Å². The lowest BCUT2D eigenvalue weighted by Crippen LogP contribution is -2.30. The van der Waals surface area contributed by atoms with E-state index >= 15 is 0 Å². The molecular weight excluding hydrogens is 259 g/mol. The van der Waals surface area contributed by atoms with Gasteiger partial charge in [-0.3, -0.25) is 4.79 Å². The van der Waals surface area contributed by atoms with Crippen LogP contribution in [0.15, 0.2) is 18.2 Å². The number of benzene rings is 1. The summed E-state index contributed by atoms with van der Waals surface area (Å²) in [6.45, 7) is 0.943. The van der Waals surface area contributed by atoms with E-state index in [1.807, 2.05) is 0 Å². The number of nitrogens with zero attached hydrogens (tertiary/aromatic N) is 1. The standard InChI is InChI=1S/C12H14F3N3O/c13-12(14,15)9-7-8(16)1-2-10(9)18-5-3-11(19)17-4-6-18/h1-2,7H,3-6,16H2,(H,17,19). The highest BCUT2D eigenvalue weighted by molar-refractivity contribution is 5.77. The van der Waals surface area contributed by atoms with Crippen LogP contribution in [0.5, 0.6) is 0 Å². The largest absolute Gasteiger partial charge is 0.418 e.